The molecule has 0 saturated carbocycles. The molecule has 0 radical (unpaired) electrons. The van der Waals surface area contributed by atoms with E-state index in [1.165, 1.54) is 13.3 Å². The van der Waals surface area contributed by atoms with Crippen molar-refractivity contribution in [1.29, 1.82) is 0 Å². The summed E-state index contributed by atoms with van der Waals surface area (Å²) in [5, 5.41) is 7.17. The molecule has 0 fully saturated rings. The number of carbonyl (C=O) groups is 3. The molecule has 4 N–H and O–H groups in total. The van der Waals surface area contributed by atoms with Gasteiger partial charge in [0.05, 0.1) is 13.3 Å². The monoisotopic (exact) mass is 460 g/mol. The standard InChI is InChI=1S/C22H25ClN4O5/c1-13(2)20(26-21(29)15-5-7-16(23)8-6-15)22(30)27-25-11-14-4-9-17(18(10-14)31-3)32-12-19(24)28/h4-11,13,20H,12H2,1-3H3,(H2,24,28)(H,26,29)(H,27,30). The number of halogens is 1. The highest BCUT2D eigenvalue weighted by molar-refractivity contribution is 6.30. The molecule has 0 aliphatic rings. The lowest BCUT2D eigenvalue weighted by molar-refractivity contribution is -0.124. The third kappa shape index (κ3) is 7.28. The molecule has 0 bridgehead atoms. The fraction of sp³-hybridized carbons (Fsp3) is 0.273. The van der Waals surface area contributed by atoms with Crippen LogP contribution >= 0.6 is 11.6 Å². The van der Waals surface area contributed by atoms with Crippen LogP contribution in [0.25, 0.3) is 0 Å². The third-order valence-electron chi connectivity index (χ3n) is 4.29. The molecule has 0 aromatic heterocycles. The van der Waals surface area contributed by atoms with Gasteiger partial charge < -0.3 is 20.5 Å². The smallest absolute Gasteiger partial charge is 0.262 e. The van der Waals surface area contributed by atoms with E-state index in [-0.39, 0.29) is 12.5 Å². The van der Waals surface area contributed by atoms with Gasteiger partial charge in [0, 0.05) is 10.6 Å². The molecule has 170 valence electrons. The molecule has 2 aromatic rings. The van der Waals surface area contributed by atoms with Crippen LogP contribution in [-0.4, -0.2) is 43.7 Å². The Balaban J connectivity index is 2.02. The summed E-state index contributed by atoms with van der Waals surface area (Å²) in [7, 11) is 1.45. The maximum atomic E-state index is 12.6. The van der Waals surface area contributed by atoms with Crippen molar-refractivity contribution in [1.82, 2.24) is 10.7 Å². The first-order valence-corrected chi connectivity index (χ1v) is 10.1. The Morgan fingerprint density at radius 1 is 1.12 bits per heavy atom. The van der Waals surface area contributed by atoms with Gasteiger partial charge in [0.15, 0.2) is 18.1 Å². The number of amides is 3. The molecular weight excluding hydrogens is 436 g/mol. The molecule has 3 amide bonds. The number of carbonyl (C=O) groups excluding carboxylic acids is 3. The van der Waals surface area contributed by atoms with Crippen molar-refractivity contribution < 1.29 is 23.9 Å². The highest BCUT2D eigenvalue weighted by atomic mass is 35.5. The minimum Gasteiger partial charge on any atom is -0.493 e. The molecule has 2 aromatic carbocycles. The number of primary amides is 1. The Hall–Kier alpha value is -3.59. The largest absolute Gasteiger partial charge is 0.493 e. The third-order valence-corrected chi connectivity index (χ3v) is 4.54. The zero-order valence-corrected chi connectivity index (χ0v) is 18.7. The normalized spacial score (nSPS) is 11.8. The van der Waals surface area contributed by atoms with Gasteiger partial charge in [-0.25, -0.2) is 5.43 Å². The van der Waals surface area contributed by atoms with E-state index in [1.54, 1.807) is 42.5 Å². The first-order chi connectivity index (χ1) is 15.2. The average molecular weight is 461 g/mol. The number of hydrogen-bond donors (Lipinski definition) is 3. The summed E-state index contributed by atoms with van der Waals surface area (Å²) in [6, 6.07) is 10.4. The van der Waals surface area contributed by atoms with Crippen molar-refractivity contribution in [3.05, 3.63) is 58.6 Å². The number of methoxy groups -OCH3 is 1. The average Bonchev–Trinajstić information content (AvgIpc) is 2.76. The molecule has 0 aliphatic carbocycles. The predicted octanol–water partition coefficient (Wildman–Crippen LogP) is 2.12. The Morgan fingerprint density at radius 3 is 2.41 bits per heavy atom. The van der Waals surface area contributed by atoms with Gasteiger partial charge in [0.1, 0.15) is 6.04 Å². The van der Waals surface area contributed by atoms with Gasteiger partial charge in [-0.05, 0) is 53.9 Å². The van der Waals surface area contributed by atoms with Crippen LogP contribution in [0.1, 0.15) is 29.8 Å². The first-order valence-electron chi connectivity index (χ1n) is 9.69. The summed E-state index contributed by atoms with van der Waals surface area (Å²) >= 11 is 5.84. The fourth-order valence-corrected chi connectivity index (χ4v) is 2.76. The van der Waals surface area contributed by atoms with E-state index < -0.39 is 23.8 Å². The van der Waals surface area contributed by atoms with Crippen LogP contribution in [0.2, 0.25) is 5.02 Å². The highest BCUT2D eigenvalue weighted by Gasteiger charge is 2.24. The summed E-state index contributed by atoms with van der Waals surface area (Å²) in [5.74, 6) is -0.928. The van der Waals surface area contributed by atoms with Crippen LogP contribution in [0.4, 0.5) is 0 Å². The van der Waals surface area contributed by atoms with Crippen molar-refractivity contribution in [2.75, 3.05) is 13.7 Å². The molecule has 0 heterocycles. The van der Waals surface area contributed by atoms with Crippen LogP contribution in [0.3, 0.4) is 0 Å². The fourth-order valence-electron chi connectivity index (χ4n) is 2.63. The summed E-state index contributed by atoms with van der Waals surface area (Å²) in [4.78, 5) is 35.9. The molecule has 0 saturated heterocycles. The summed E-state index contributed by atoms with van der Waals surface area (Å²) in [6.45, 7) is 3.34. The number of hydrogen-bond acceptors (Lipinski definition) is 6. The Kier molecular flexibility index (Phi) is 9.03. The van der Waals surface area contributed by atoms with Gasteiger partial charge in [0.2, 0.25) is 0 Å². The Bertz CT molecular complexity index is 992. The van der Waals surface area contributed by atoms with Crippen molar-refractivity contribution in [2.24, 2.45) is 16.8 Å². The zero-order chi connectivity index (χ0) is 23.7. The summed E-state index contributed by atoms with van der Waals surface area (Å²) in [5.41, 5.74) is 8.51. The van der Waals surface area contributed by atoms with Crippen LogP contribution in [0, 0.1) is 5.92 Å². The maximum absolute atomic E-state index is 12.6. The summed E-state index contributed by atoms with van der Waals surface area (Å²) < 4.78 is 10.5. The molecule has 2 rings (SSSR count). The van der Waals surface area contributed by atoms with Crippen molar-refractivity contribution in [3.8, 4) is 11.5 Å². The maximum Gasteiger partial charge on any atom is 0.262 e. The van der Waals surface area contributed by atoms with Crippen LogP contribution < -0.4 is 25.9 Å². The highest BCUT2D eigenvalue weighted by Crippen LogP contribution is 2.27. The van der Waals surface area contributed by atoms with Gasteiger partial charge in [0.25, 0.3) is 17.7 Å². The number of rotatable bonds is 10. The van der Waals surface area contributed by atoms with E-state index in [4.69, 9.17) is 26.8 Å². The molecule has 1 atom stereocenters. The second kappa shape index (κ2) is 11.7. The molecule has 32 heavy (non-hydrogen) atoms. The van der Waals surface area contributed by atoms with E-state index in [0.29, 0.717) is 27.6 Å². The van der Waals surface area contributed by atoms with Crippen LogP contribution in [0.5, 0.6) is 11.5 Å². The van der Waals surface area contributed by atoms with E-state index in [9.17, 15) is 14.4 Å². The molecule has 10 heteroatoms. The molecule has 9 nitrogen and oxygen atoms in total. The topological polar surface area (TPSA) is 132 Å². The minimum absolute atomic E-state index is 0.178. The number of hydrazone groups is 1. The van der Waals surface area contributed by atoms with Crippen LogP contribution in [-0.2, 0) is 9.59 Å². The Morgan fingerprint density at radius 2 is 1.81 bits per heavy atom. The number of nitrogens with one attached hydrogen (secondary N) is 2. The minimum atomic E-state index is -0.797. The van der Waals surface area contributed by atoms with Gasteiger partial charge in [-0.15, -0.1) is 0 Å². The quantitative estimate of drug-likeness (QED) is 0.369. The van der Waals surface area contributed by atoms with E-state index in [2.05, 4.69) is 15.8 Å². The SMILES string of the molecule is COc1cc(C=NNC(=O)C(NC(=O)c2ccc(Cl)cc2)C(C)C)ccc1OCC(N)=O. The molecule has 0 aliphatic heterocycles. The zero-order valence-electron chi connectivity index (χ0n) is 17.9. The van der Waals surface area contributed by atoms with Gasteiger partial charge in [-0.1, -0.05) is 25.4 Å². The van der Waals surface area contributed by atoms with Gasteiger partial charge >= 0.3 is 0 Å². The Labute approximate surface area is 190 Å². The number of benzene rings is 2. The second-order valence-electron chi connectivity index (χ2n) is 7.10. The summed E-state index contributed by atoms with van der Waals surface area (Å²) in [6.07, 6.45) is 1.41. The lowest BCUT2D eigenvalue weighted by Crippen LogP contribution is -2.48. The number of nitrogens with zero attached hydrogens (tertiary/aromatic N) is 1. The van der Waals surface area contributed by atoms with Crippen molar-refractivity contribution in [3.63, 3.8) is 0 Å². The van der Waals surface area contributed by atoms with E-state index in [1.807, 2.05) is 13.8 Å². The van der Waals surface area contributed by atoms with Crippen molar-refractivity contribution >= 4 is 35.5 Å². The van der Waals surface area contributed by atoms with E-state index >= 15 is 0 Å². The second-order valence-corrected chi connectivity index (χ2v) is 7.54. The molecular formula is C22H25ClN4O5. The number of ether oxygens (including phenoxy) is 2. The van der Waals surface area contributed by atoms with E-state index in [0.717, 1.165) is 0 Å². The van der Waals surface area contributed by atoms with Gasteiger partial charge in [-0.2, -0.15) is 5.10 Å². The lowest BCUT2D eigenvalue weighted by atomic mass is 10.0. The predicted molar refractivity (Wildman–Crippen MR) is 121 cm³/mol. The molecule has 0 spiro atoms. The first kappa shape index (κ1) is 24.7. The lowest BCUT2D eigenvalue weighted by Gasteiger charge is -2.20. The van der Waals surface area contributed by atoms with Gasteiger partial charge in [-0.3, -0.25) is 14.4 Å². The van der Waals surface area contributed by atoms with Crippen molar-refractivity contribution in [2.45, 2.75) is 19.9 Å². The van der Waals surface area contributed by atoms with Crippen LogP contribution in [0.15, 0.2) is 47.6 Å². The molecule has 1 unspecified atom stereocenters. The number of nitrogens with two attached hydrogens (primary N) is 1.